The predicted molar refractivity (Wildman–Crippen MR) is 139 cm³/mol. The van der Waals surface area contributed by atoms with Crippen LogP contribution in [0.4, 0.5) is 0 Å². The van der Waals surface area contributed by atoms with Gasteiger partial charge in [0, 0.05) is 46.5 Å². The quantitative estimate of drug-likeness (QED) is 0.424. The van der Waals surface area contributed by atoms with Crippen LogP contribution in [-0.2, 0) is 7.05 Å². The minimum absolute atomic E-state index is 1.07. The second kappa shape index (κ2) is 9.98. The normalized spacial score (nSPS) is 12.5. The van der Waals surface area contributed by atoms with Crippen LogP contribution in [0.1, 0.15) is 72.7 Å². The zero-order valence-electron chi connectivity index (χ0n) is 19.3. The average molecular weight is 399 g/mol. The van der Waals surface area contributed by atoms with Crippen molar-refractivity contribution in [2.45, 2.75) is 34.6 Å². The Morgan fingerprint density at radius 3 is 1.73 bits per heavy atom. The molecule has 2 nitrogen and oxygen atoms in total. The van der Waals surface area contributed by atoms with Gasteiger partial charge in [-0.1, -0.05) is 50.1 Å². The molecule has 0 saturated carbocycles. The van der Waals surface area contributed by atoms with Gasteiger partial charge in [0.15, 0.2) is 0 Å². The van der Waals surface area contributed by atoms with E-state index in [1.165, 1.54) is 11.3 Å². The molecule has 0 saturated heterocycles. The van der Waals surface area contributed by atoms with Crippen molar-refractivity contribution in [1.29, 1.82) is 0 Å². The van der Waals surface area contributed by atoms with Gasteiger partial charge in [-0.15, -0.1) is 0 Å². The first-order chi connectivity index (χ1) is 14.4. The molecule has 2 aromatic rings. The van der Waals surface area contributed by atoms with Crippen molar-refractivity contribution in [1.82, 2.24) is 9.13 Å². The van der Waals surface area contributed by atoms with Crippen LogP contribution in [0.15, 0.2) is 38.0 Å². The van der Waals surface area contributed by atoms with E-state index in [1.54, 1.807) is 0 Å². The molecule has 0 atom stereocenters. The van der Waals surface area contributed by atoms with E-state index >= 15 is 0 Å². The number of aromatic nitrogens is 2. The fourth-order valence-corrected chi connectivity index (χ4v) is 4.08. The molecule has 0 aliphatic heterocycles. The summed E-state index contributed by atoms with van der Waals surface area (Å²) in [6.07, 6.45) is 20.6. The molecule has 0 amide bonds. The zero-order chi connectivity index (χ0) is 22.4. The average Bonchev–Trinajstić information content (AvgIpc) is 3.13. The van der Waals surface area contributed by atoms with Crippen LogP contribution in [0.3, 0.4) is 0 Å². The van der Waals surface area contributed by atoms with Crippen LogP contribution in [0, 0.1) is 6.92 Å². The molecular weight excluding hydrogens is 364 g/mol. The molecule has 0 aromatic carbocycles. The molecule has 2 heteroatoms. The van der Waals surface area contributed by atoms with Crippen molar-refractivity contribution >= 4 is 48.2 Å². The van der Waals surface area contributed by atoms with E-state index in [-0.39, 0.29) is 0 Å². The molecule has 0 aliphatic rings. The van der Waals surface area contributed by atoms with E-state index in [1.807, 2.05) is 39.0 Å². The van der Waals surface area contributed by atoms with Gasteiger partial charge in [0.25, 0.3) is 0 Å². The molecule has 0 N–H and O–H groups in total. The minimum atomic E-state index is 1.07. The van der Waals surface area contributed by atoms with Crippen molar-refractivity contribution in [3.63, 3.8) is 0 Å². The largest absolute Gasteiger partial charge is 0.344 e. The van der Waals surface area contributed by atoms with Gasteiger partial charge >= 0.3 is 0 Å². The number of hydrogen-bond donors (Lipinski definition) is 0. The molecule has 2 rings (SSSR count). The predicted octanol–water partition coefficient (Wildman–Crippen LogP) is 8.18. The molecule has 2 heterocycles. The van der Waals surface area contributed by atoms with Crippen molar-refractivity contribution in [2.75, 3.05) is 0 Å². The number of hydrogen-bond acceptors (Lipinski definition) is 0. The summed E-state index contributed by atoms with van der Waals surface area (Å²) in [5.41, 5.74) is 10.2. The molecule has 30 heavy (non-hydrogen) atoms. The van der Waals surface area contributed by atoms with Gasteiger partial charge in [0.2, 0.25) is 0 Å². The second-order valence-electron chi connectivity index (χ2n) is 7.20. The Labute approximate surface area is 182 Å². The smallest absolute Gasteiger partial charge is 0.0530 e. The maximum atomic E-state index is 4.08. The first kappa shape index (κ1) is 23.0. The third-order valence-corrected chi connectivity index (χ3v) is 5.39. The molecule has 0 aliphatic carbocycles. The van der Waals surface area contributed by atoms with Crippen molar-refractivity contribution < 1.29 is 0 Å². The van der Waals surface area contributed by atoms with Gasteiger partial charge in [-0.05, 0) is 70.6 Å². The molecule has 156 valence electrons. The van der Waals surface area contributed by atoms with Gasteiger partial charge in [-0.2, -0.15) is 0 Å². The van der Waals surface area contributed by atoms with Crippen molar-refractivity contribution in [3.05, 3.63) is 83.0 Å². The summed E-state index contributed by atoms with van der Waals surface area (Å²) in [7, 11) is 2.07. The van der Waals surface area contributed by atoms with Crippen LogP contribution in [0.5, 0.6) is 0 Å². The fraction of sp³-hybridized carbons (Fsp3) is 0.214. The third kappa shape index (κ3) is 3.91. The molecule has 0 spiro atoms. The fourth-order valence-electron chi connectivity index (χ4n) is 4.08. The summed E-state index contributed by atoms with van der Waals surface area (Å²) in [4.78, 5) is 0. The Kier molecular flexibility index (Phi) is 7.66. The van der Waals surface area contributed by atoms with E-state index in [9.17, 15) is 0 Å². The van der Waals surface area contributed by atoms with Crippen molar-refractivity contribution in [3.8, 4) is 0 Å². The molecule has 2 aromatic heterocycles. The van der Waals surface area contributed by atoms with Crippen LogP contribution in [0.2, 0.25) is 0 Å². The highest BCUT2D eigenvalue weighted by Crippen LogP contribution is 2.33. The highest BCUT2D eigenvalue weighted by atomic mass is 15.0. The first-order valence-corrected chi connectivity index (χ1v) is 10.3. The van der Waals surface area contributed by atoms with E-state index in [4.69, 9.17) is 0 Å². The molecular formula is C28H34N2. The van der Waals surface area contributed by atoms with Gasteiger partial charge in [0.05, 0.1) is 5.69 Å². The lowest BCUT2D eigenvalue weighted by molar-refractivity contribution is 0.901. The minimum Gasteiger partial charge on any atom is -0.344 e. The highest BCUT2D eigenvalue weighted by molar-refractivity contribution is 5.86. The Hall–Kier alpha value is -3.26. The lowest BCUT2D eigenvalue weighted by Crippen LogP contribution is -2.00. The van der Waals surface area contributed by atoms with Gasteiger partial charge < -0.3 is 9.13 Å². The maximum Gasteiger partial charge on any atom is 0.0530 e. The topological polar surface area (TPSA) is 9.86 Å². The first-order valence-electron chi connectivity index (χ1n) is 10.3. The lowest BCUT2D eigenvalue weighted by atomic mass is 10.1. The molecule has 0 fully saturated rings. The standard InChI is InChI=1S/C28H34N2/c1-10-16-26-21(8)22(13-4)28(18-12-3)30(26)20(7)19-24-23(14-5)27(17-11-2)29(9)25(24)15-6/h10-19H,4-6H2,1-3,7-9H3/b16-10-,17-11-,18-12-,20-19+. The maximum absolute atomic E-state index is 4.08. The summed E-state index contributed by atoms with van der Waals surface area (Å²) >= 11 is 0. The van der Waals surface area contributed by atoms with Crippen LogP contribution in [0.25, 0.3) is 48.2 Å². The molecule has 0 radical (unpaired) electrons. The van der Waals surface area contributed by atoms with Crippen LogP contribution >= 0.6 is 0 Å². The summed E-state index contributed by atoms with van der Waals surface area (Å²) in [5, 5.41) is 0. The highest BCUT2D eigenvalue weighted by Gasteiger charge is 2.18. The summed E-state index contributed by atoms with van der Waals surface area (Å²) in [5.74, 6) is 0. The third-order valence-electron chi connectivity index (χ3n) is 5.39. The van der Waals surface area contributed by atoms with Gasteiger partial charge in [-0.25, -0.2) is 0 Å². The van der Waals surface area contributed by atoms with Crippen molar-refractivity contribution in [2.24, 2.45) is 7.05 Å². The van der Waals surface area contributed by atoms with Crippen LogP contribution < -0.4 is 0 Å². The molecule has 0 unspecified atom stereocenters. The number of nitrogens with zero attached hydrogens (tertiary/aromatic N) is 2. The summed E-state index contributed by atoms with van der Waals surface area (Å²) < 4.78 is 4.47. The second-order valence-corrected chi connectivity index (χ2v) is 7.20. The Bertz CT molecular complexity index is 1090. The zero-order valence-corrected chi connectivity index (χ0v) is 19.3. The van der Waals surface area contributed by atoms with Gasteiger partial charge in [-0.3, -0.25) is 0 Å². The van der Waals surface area contributed by atoms with Crippen LogP contribution in [-0.4, -0.2) is 9.13 Å². The Morgan fingerprint density at radius 1 is 0.700 bits per heavy atom. The summed E-state index contributed by atoms with van der Waals surface area (Å²) in [6.45, 7) is 22.6. The molecule has 0 bridgehead atoms. The monoisotopic (exact) mass is 398 g/mol. The van der Waals surface area contributed by atoms with E-state index in [2.05, 4.69) is 92.3 Å². The van der Waals surface area contributed by atoms with Gasteiger partial charge in [0.1, 0.15) is 0 Å². The van der Waals surface area contributed by atoms with E-state index in [0.29, 0.717) is 0 Å². The van der Waals surface area contributed by atoms with E-state index in [0.717, 1.165) is 39.5 Å². The summed E-state index contributed by atoms with van der Waals surface area (Å²) in [6, 6.07) is 0. The number of rotatable bonds is 8. The lowest BCUT2D eigenvalue weighted by Gasteiger charge is -2.12. The Morgan fingerprint density at radius 2 is 1.23 bits per heavy atom. The SMILES string of the molecule is C=Cc1c(/C=C(\C)n2c(/C=C\C)c(C)c(C=C)c2/C=C\C)c(C=C)n(C)c1/C=C\C. The van der Waals surface area contributed by atoms with E-state index < -0.39 is 0 Å². The Balaban J connectivity index is 2.93. The number of allylic oxidation sites excluding steroid dienone is 4.